The lowest BCUT2D eigenvalue weighted by molar-refractivity contribution is -0.139. The van der Waals surface area contributed by atoms with E-state index < -0.39 is 0 Å². The molecule has 2 aliphatic heterocycles. The van der Waals surface area contributed by atoms with Crippen LogP contribution in [0, 0.1) is 17.7 Å². The molecular weight excluding hydrogens is 355 g/mol. The van der Waals surface area contributed by atoms with Gasteiger partial charge in [0.1, 0.15) is 5.82 Å². The van der Waals surface area contributed by atoms with Crippen molar-refractivity contribution >= 4 is 11.6 Å². The van der Waals surface area contributed by atoms with Crippen LogP contribution in [0.15, 0.2) is 42.5 Å². The van der Waals surface area contributed by atoms with Crippen molar-refractivity contribution in [3.63, 3.8) is 0 Å². The number of benzene rings is 2. The second-order valence-electron chi connectivity index (χ2n) is 8.30. The Bertz CT molecular complexity index is 911. The summed E-state index contributed by atoms with van der Waals surface area (Å²) in [6.07, 6.45) is 4.01. The molecule has 4 nitrogen and oxygen atoms in total. The Morgan fingerprint density at radius 3 is 2.68 bits per heavy atom. The molecule has 2 heterocycles. The van der Waals surface area contributed by atoms with E-state index in [1.54, 1.807) is 6.07 Å². The number of anilines is 1. The van der Waals surface area contributed by atoms with Gasteiger partial charge in [-0.2, -0.15) is 0 Å². The van der Waals surface area contributed by atoms with Gasteiger partial charge < -0.3 is 15.3 Å². The number of hydrogen-bond acceptors (Lipinski definition) is 3. The molecule has 0 aromatic heterocycles. The smallest absolute Gasteiger partial charge is 0.226 e. The summed E-state index contributed by atoms with van der Waals surface area (Å²) < 4.78 is 13.7. The number of aliphatic hydroxyl groups is 1. The summed E-state index contributed by atoms with van der Waals surface area (Å²) in [5.74, 6) is 0.369. The van der Waals surface area contributed by atoms with Gasteiger partial charge >= 0.3 is 0 Å². The summed E-state index contributed by atoms with van der Waals surface area (Å²) >= 11 is 0. The first-order valence-corrected chi connectivity index (χ1v) is 10.2. The van der Waals surface area contributed by atoms with Crippen molar-refractivity contribution < 1.29 is 14.3 Å². The molecule has 1 saturated heterocycles. The molecule has 0 bridgehead atoms. The van der Waals surface area contributed by atoms with Gasteiger partial charge in [-0.25, -0.2) is 4.39 Å². The predicted octanol–water partition coefficient (Wildman–Crippen LogP) is 3.97. The molecular formula is C23H25FN2O2. The first kappa shape index (κ1) is 17.7. The third-order valence-corrected chi connectivity index (χ3v) is 6.76. The van der Waals surface area contributed by atoms with E-state index in [1.807, 2.05) is 23.1 Å². The van der Waals surface area contributed by atoms with Gasteiger partial charge in [0.25, 0.3) is 0 Å². The van der Waals surface area contributed by atoms with Gasteiger partial charge in [-0.1, -0.05) is 24.6 Å². The molecule has 28 heavy (non-hydrogen) atoms. The van der Waals surface area contributed by atoms with Gasteiger partial charge in [-0.05, 0) is 60.2 Å². The van der Waals surface area contributed by atoms with Gasteiger partial charge in [0.05, 0.1) is 18.7 Å². The van der Waals surface area contributed by atoms with Gasteiger partial charge in [0, 0.05) is 24.1 Å². The molecule has 146 valence electrons. The zero-order chi connectivity index (χ0) is 19.3. The van der Waals surface area contributed by atoms with Crippen molar-refractivity contribution in [3.05, 3.63) is 53.8 Å². The third kappa shape index (κ3) is 2.80. The summed E-state index contributed by atoms with van der Waals surface area (Å²) in [7, 11) is 0. The monoisotopic (exact) mass is 380 g/mol. The highest BCUT2D eigenvalue weighted by atomic mass is 19.1. The van der Waals surface area contributed by atoms with Crippen molar-refractivity contribution in [3.8, 4) is 11.1 Å². The van der Waals surface area contributed by atoms with Crippen molar-refractivity contribution in [2.24, 2.45) is 11.8 Å². The molecule has 3 aliphatic rings. The number of likely N-dealkylation sites (tertiary alicyclic amines) is 1. The summed E-state index contributed by atoms with van der Waals surface area (Å²) in [5.41, 5.74) is 3.83. The number of carbonyl (C=O) groups is 1. The van der Waals surface area contributed by atoms with Crippen LogP contribution in [0.25, 0.3) is 11.1 Å². The lowest BCUT2D eigenvalue weighted by Crippen LogP contribution is -2.45. The molecule has 5 rings (SSSR count). The average molecular weight is 380 g/mol. The fourth-order valence-corrected chi connectivity index (χ4v) is 5.05. The highest BCUT2D eigenvalue weighted by Gasteiger charge is 2.47. The minimum atomic E-state index is -0.255. The van der Waals surface area contributed by atoms with Gasteiger partial charge in [-0.3, -0.25) is 4.79 Å². The Kier molecular flexibility index (Phi) is 4.35. The van der Waals surface area contributed by atoms with Crippen molar-refractivity contribution in [1.82, 2.24) is 4.90 Å². The largest absolute Gasteiger partial charge is 0.394 e. The Morgan fingerprint density at radius 1 is 1.14 bits per heavy atom. The Balaban J connectivity index is 1.56. The van der Waals surface area contributed by atoms with Crippen LogP contribution in [-0.4, -0.2) is 35.1 Å². The number of nitrogens with zero attached hydrogens (tertiary/aromatic N) is 1. The molecule has 3 atom stereocenters. The minimum Gasteiger partial charge on any atom is -0.394 e. The molecule has 1 saturated carbocycles. The van der Waals surface area contributed by atoms with E-state index in [9.17, 15) is 14.3 Å². The molecule has 1 amide bonds. The van der Waals surface area contributed by atoms with Crippen LogP contribution in [0.4, 0.5) is 10.1 Å². The summed E-state index contributed by atoms with van der Waals surface area (Å²) in [6.45, 7) is 0.796. The van der Waals surface area contributed by atoms with Gasteiger partial charge in [0.15, 0.2) is 0 Å². The van der Waals surface area contributed by atoms with Gasteiger partial charge in [0.2, 0.25) is 5.91 Å². The Morgan fingerprint density at radius 2 is 1.96 bits per heavy atom. The second-order valence-corrected chi connectivity index (χ2v) is 8.30. The first-order valence-electron chi connectivity index (χ1n) is 10.2. The quantitative estimate of drug-likeness (QED) is 0.847. The molecule has 0 radical (unpaired) electrons. The maximum absolute atomic E-state index is 13.7. The van der Waals surface area contributed by atoms with Crippen molar-refractivity contribution in [2.75, 3.05) is 18.5 Å². The van der Waals surface area contributed by atoms with E-state index in [-0.39, 0.29) is 42.3 Å². The molecule has 2 aromatic carbocycles. The molecule has 5 heteroatoms. The van der Waals surface area contributed by atoms with Crippen LogP contribution in [0.2, 0.25) is 0 Å². The van der Waals surface area contributed by atoms with Crippen LogP contribution in [0.5, 0.6) is 0 Å². The van der Waals surface area contributed by atoms with E-state index in [0.717, 1.165) is 54.6 Å². The Labute approximate surface area is 164 Å². The fourth-order valence-electron chi connectivity index (χ4n) is 5.05. The van der Waals surface area contributed by atoms with Crippen molar-refractivity contribution in [1.29, 1.82) is 0 Å². The molecule has 0 spiro atoms. The maximum atomic E-state index is 13.7. The highest BCUT2D eigenvalue weighted by Crippen LogP contribution is 2.48. The van der Waals surface area contributed by atoms with E-state index in [4.69, 9.17) is 0 Å². The average Bonchev–Trinajstić information content (AvgIpc) is 3.11. The summed E-state index contributed by atoms with van der Waals surface area (Å²) in [5, 5.41) is 13.4. The first-order chi connectivity index (χ1) is 13.7. The molecule has 0 unspecified atom stereocenters. The topological polar surface area (TPSA) is 52.6 Å². The minimum absolute atomic E-state index is 0.0185. The fraction of sp³-hybridized carbons (Fsp3) is 0.435. The lowest BCUT2D eigenvalue weighted by Gasteiger charge is -2.41. The lowest BCUT2D eigenvalue weighted by atomic mass is 9.80. The summed E-state index contributed by atoms with van der Waals surface area (Å²) in [4.78, 5) is 15.1. The van der Waals surface area contributed by atoms with Crippen LogP contribution in [0.3, 0.4) is 0 Å². The SMILES string of the molecule is O=C(C1CCC1)N1CC[C@@H]2[C@@H](CO)Nc3ccc(-c4cccc(F)c4)cc3[C@@H]21. The van der Waals surface area contributed by atoms with Crippen LogP contribution >= 0.6 is 0 Å². The molecule has 1 aliphatic carbocycles. The van der Waals surface area contributed by atoms with Crippen LogP contribution < -0.4 is 5.32 Å². The van der Waals surface area contributed by atoms with Crippen molar-refractivity contribution in [2.45, 2.75) is 37.8 Å². The zero-order valence-corrected chi connectivity index (χ0v) is 15.8. The number of amides is 1. The molecule has 2 N–H and O–H groups in total. The third-order valence-electron chi connectivity index (χ3n) is 6.76. The van der Waals surface area contributed by atoms with Crippen LogP contribution in [-0.2, 0) is 4.79 Å². The molecule has 2 fully saturated rings. The Hall–Kier alpha value is -2.40. The summed E-state index contributed by atoms with van der Waals surface area (Å²) in [6, 6.07) is 12.6. The van der Waals surface area contributed by atoms with Crippen LogP contribution in [0.1, 0.15) is 37.3 Å². The number of carbonyl (C=O) groups excluding carboxylic acids is 1. The standard InChI is InChI=1S/C23H25FN2O2/c24-17-6-2-5-15(11-17)16-7-8-20-19(12-16)22-18(21(13-27)25-20)9-10-26(22)23(28)14-3-1-4-14/h2,5-8,11-12,14,18,21-22,25,27H,1,3-4,9-10,13H2/t18-,21-,22-/m1/s1. The number of fused-ring (bicyclic) bond motifs is 3. The number of halogens is 1. The van der Waals surface area contributed by atoms with E-state index >= 15 is 0 Å². The number of nitrogens with one attached hydrogen (secondary N) is 1. The maximum Gasteiger partial charge on any atom is 0.226 e. The van der Waals surface area contributed by atoms with E-state index in [0.29, 0.717) is 0 Å². The molecule has 2 aromatic rings. The zero-order valence-electron chi connectivity index (χ0n) is 15.8. The van der Waals surface area contributed by atoms with Gasteiger partial charge in [-0.15, -0.1) is 0 Å². The predicted molar refractivity (Wildman–Crippen MR) is 106 cm³/mol. The second kappa shape index (κ2) is 6.89. The normalized spacial score (nSPS) is 26.2. The van der Waals surface area contributed by atoms with E-state index in [1.165, 1.54) is 12.1 Å². The highest BCUT2D eigenvalue weighted by molar-refractivity contribution is 5.81. The number of aliphatic hydroxyl groups excluding tert-OH is 1. The number of rotatable bonds is 3. The van der Waals surface area contributed by atoms with E-state index in [2.05, 4.69) is 11.4 Å². The number of hydrogen-bond donors (Lipinski definition) is 2.